The van der Waals surface area contributed by atoms with Crippen LogP contribution in [0.15, 0.2) is 24.3 Å². The minimum Gasteiger partial charge on any atom is -0.279 e. The second kappa shape index (κ2) is 4.45. The topological polar surface area (TPSA) is 46.3 Å². The van der Waals surface area contributed by atoms with Crippen LogP contribution in [0.2, 0.25) is 0 Å². The number of hydrazine groups is 1. The Hall–Kier alpha value is -1.35. The van der Waals surface area contributed by atoms with E-state index in [2.05, 4.69) is 32.9 Å². The molecule has 0 bridgehead atoms. The lowest BCUT2D eigenvalue weighted by Gasteiger charge is -2.19. The fraction of sp³-hybridized carbons (Fsp3) is 0.417. The Morgan fingerprint density at radius 1 is 1.27 bits per heavy atom. The van der Waals surface area contributed by atoms with Crippen molar-refractivity contribution in [3.05, 3.63) is 35.4 Å². The first-order valence-corrected chi connectivity index (χ1v) is 4.99. The number of nitrogens with two attached hydrogens (primary N) is 1. The average molecular weight is 206 g/mol. The molecule has 1 aromatic rings. The predicted molar refractivity (Wildman–Crippen MR) is 60.9 cm³/mol. The lowest BCUT2D eigenvalue weighted by Crippen LogP contribution is -2.28. The molecule has 3 heteroatoms. The van der Waals surface area contributed by atoms with E-state index in [0.29, 0.717) is 13.0 Å². The maximum Gasteiger partial charge on any atom is 0.223 e. The minimum absolute atomic E-state index is 0.158. The molecule has 1 aromatic carbocycles. The first-order valence-electron chi connectivity index (χ1n) is 4.99. The lowest BCUT2D eigenvalue weighted by atomic mass is 9.87. The maximum atomic E-state index is 10.3. The molecule has 0 saturated heterocycles. The Balaban J connectivity index is 2.77. The van der Waals surface area contributed by atoms with Crippen molar-refractivity contribution in [2.45, 2.75) is 32.7 Å². The number of hydrogen-bond acceptors (Lipinski definition) is 2. The summed E-state index contributed by atoms with van der Waals surface area (Å²) in [5.74, 6) is 5.39. The monoisotopic (exact) mass is 206 g/mol. The van der Waals surface area contributed by atoms with Crippen LogP contribution in [-0.2, 0) is 16.8 Å². The molecule has 0 aliphatic carbocycles. The molecule has 1 rings (SSSR count). The van der Waals surface area contributed by atoms with Crippen LogP contribution in [0.4, 0.5) is 0 Å². The van der Waals surface area contributed by atoms with Gasteiger partial charge in [-0.25, -0.2) is 5.84 Å². The van der Waals surface area contributed by atoms with Crippen LogP contribution in [0.3, 0.4) is 0 Å². The zero-order valence-electron chi connectivity index (χ0n) is 9.53. The van der Waals surface area contributed by atoms with E-state index in [1.54, 1.807) is 0 Å². The first-order chi connectivity index (χ1) is 6.93. The van der Waals surface area contributed by atoms with E-state index >= 15 is 0 Å². The maximum absolute atomic E-state index is 10.3. The highest BCUT2D eigenvalue weighted by molar-refractivity contribution is 5.46. The van der Waals surface area contributed by atoms with Gasteiger partial charge in [-0.05, 0) is 16.5 Å². The van der Waals surface area contributed by atoms with E-state index < -0.39 is 0 Å². The quantitative estimate of drug-likeness (QED) is 0.355. The minimum atomic E-state index is 0.158. The smallest absolute Gasteiger partial charge is 0.223 e. The largest absolute Gasteiger partial charge is 0.279 e. The summed E-state index contributed by atoms with van der Waals surface area (Å²) in [6, 6.07) is 8.16. The van der Waals surface area contributed by atoms with Gasteiger partial charge in [0, 0.05) is 0 Å². The van der Waals surface area contributed by atoms with E-state index in [9.17, 15) is 4.79 Å². The molecule has 0 unspecified atom stereocenters. The van der Waals surface area contributed by atoms with Crippen molar-refractivity contribution in [1.82, 2.24) is 5.01 Å². The molecular formula is C12H18N2O. The number of rotatable bonds is 3. The third-order valence-corrected chi connectivity index (χ3v) is 2.32. The van der Waals surface area contributed by atoms with Crippen molar-refractivity contribution < 1.29 is 4.79 Å². The molecule has 2 N–H and O–H groups in total. The van der Waals surface area contributed by atoms with E-state index in [0.717, 1.165) is 10.6 Å². The summed E-state index contributed by atoms with van der Waals surface area (Å²) in [4.78, 5) is 10.3. The van der Waals surface area contributed by atoms with Crippen molar-refractivity contribution >= 4 is 6.41 Å². The van der Waals surface area contributed by atoms with Gasteiger partial charge in [0.1, 0.15) is 0 Å². The second-order valence-corrected chi connectivity index (χ2v) is 4.72. The van der Waals surface area contributed by atoms with Crippen LogP contribution in [0.1, 0.15) is 31.9 Å². The summed E-state index contributed by atoms with van der Waals surface area (Å²) < 4.78 is 0. The summed E-state index contributed by atoms with van der Waals surface area (Å²) in [6.07, 6.45) is 0.623. The first kappa shape index (κ1) is 11.7. The fourth-order valence-electron chi connectivity index (χ4n) is 1.36. The van der Waals surface area contributed by atoms with E-state index in [4.69, 9.17) is 5.84 Å². The molecule has 0 fully saturated rings. The molecule has 0 heterocycles. The van der Waals surface area contributed by atoms with Gasteiger partial charge in [0.05, 0.1) is 6.54 Å². The molecular weight excluding hydrogens is 188 g/mol. The van der Waals surface area contributed by atoms with Crippen LogP contribution in [0, 0.1) is 0 Å². The van der Waals surface area contributed by atoms with E-state index in [1.165, 1.54) is 5.56 Å². The summed E-state index contributed by atoms with van der Waals surface area (Å²) in [6.45, 7) is 6.96. The Bertz CT molecular complexity index is 324. The number of benzene rings is 1. The Kier molecular flexibility index (Phi) is 3.48. The van der Waals surface area contributed by atoms with Crippen LogP contribution < -0.4 is 5.84 Å². The molecule has 0 aliphatic rings. The van der Waals surface area contributed by atoms with Crippen LogP contribution in [0.25, 0.3) is 0 Å². The predicted octanol–water partition coefficient (Wildman–Crippen LogP) is 1.82. The Morgan fingerprint density at radius 2 is 1.80 bits per heavy atom. The molecule has 0 saturated carbocycles. The summed E-state index contributed by atoms with van der Waals surface area (Å²) >= 11 is 0. The molecule has 15 heavy (non-hydrogen) atoms. The highest BCUT2D eigenvalue weighted by Crippen LogP contribution is 2.22. The molecule has 0 spiro atoms. The molecule has 0 aliphatic heterocycles. The molecule has 0 aromatic heterocycles. The van der Waals surface area contributed by atoms with Crippen LogP contribution in [0.5, 0.6) is 0 Å². The van der Waals surface area contributed by atoms with Crippen LogP contribution >= 0.6 is 0 Å². The SMILES string of the molecule is CC(C)(C)c1ccc(CN(N)C=O)cc1. The molecule has 0 atom stereocenters. The highest BCUT2D eigenvalue weighted by atomic mass is 16.1. The van der Waals surface area contributed by atoms with Gasteiger partial charge in [-0.1, -0.05) is 45.0 Å². The fourth-order valence-corrected chi connectivity index (χ4v) is 1.36. The third-order valence-electron chi connectivity index (χ3n) is 2.32. The van der Waals surface area contributed by atoms with Gasteiger partial charge in [-0.15, -0.1) is 0 Å². The summed E-state index contributed by atoms with van der Waals surface area (Å²) in [5, 5.41) is 1.13. The van der Waals surface area contributed by atoms with Gasteiger partial charge in [0.15, 0.2) is 0 Å². The molecule has 0 radical (unpaired) electrons. The van der Waals surface area contributed by atoms with Gasteiger partial charge in [-0.3, -0.25) is 9.80 Å². The number of hydrogen-bond donors (Lipinski definition) is 1. The Labute approximate surface area is 90.9 Å². The summed E-state index contributed by atoms with van der Waals surface area (Å²) in [7, 11) is 0. The highest BCUT2D eigenvalue weighted by Gasteiger charge is 2.12. The molecule has 82 valence electrons. The van der Waals surface area contributed by atoms with Crippen molar-refractivity contribution in [3.8, 4) is 0 Å². The zero-order chi connectivity index (χ0) is 11.5. The van der Waals surface area contributed by atoms with Crippen molar-refractivity contribution in [2.75, 3.05) is 0 Å². The number of carbonyl (C=O) groups excluding carboxylic acids is 1. The lowest BCUT2D eigenvalue weighted by molar-refractivity contribution is -0.118. The average Bonchev–Trinajstić information content (AvgIpc) is 2.17. The van der Waals surface area contributed by atoms with Gasteiger partial charge in [0.2, 0.25) is 6.41 Å². The molecule has 1 amide bonds. The zero-order valence-corrected chi connectivity index (χ0v) is 9.53. The van der Waals surface area contributed by atoms with Crippen molar-refractivity contribution in [2.24, 2.45) is 5.84 Å². The van der Waals surface area contributed by atoms with E-state index in [1.807, 2.05) is 12.1 Å². The van der Waals surface area contributed by atoms with E-state index in [-0.39, 0.29) is 5.41 Å². The van der Waals surface area contributed by atoms with Crippen molar-refractivity contribution in [3.63, 3.8) is 0 Å². The van der Waals surface area contributed by atoms with Crippen molar-refractivity contribution in [1.29, 1.82) is 0 Å². The third kappa shape index (κ3) is 3.36. The molecule has 3 nitrogen and oxygen atoms in total. The van der Waals surface area contributed by atoms with Gasteiger partial charge in [0.25, 0.3) is 0 Å². The normalized spacial score (nSPS) is 11.2. The number of amides is 1. The van der Waals surface area contributed by atoms with Gasteiger partial charge < -0.3 is 0 Å². The standard InChI is InChI=1S/C12H18N2O/c1-12(2,3)11-6-4-10(5-7-11)8-14(13)9-15/h4-7,9H,8,13H2,1-3H3. The number of nitrogens with zero attached hydrogens (tertiary/aromatic N) is 1. The Morgan fingerprint density at radius 3 is 2.20 bits per heavy atom. The van der Waals surface area contributed by atoms with Gasteiger partial charge >= 0.3 is 0 Å². The van der Waals surface area contributed by atoms with Crippen LogP contribution in [-0.4, -0.2) is 11.4 Å². The number of carbonyl (C=O) groups is 1. The van der Waals surface area contributed by atoms with Gasteiger partial charge in [-0.2, -0.15) is 0 Å². The second-order valence-electron chi connectivity index (χ2n) is 4.72. The summed E-state index contributed by atoms with van der Waals surface area (Å²) in [5.41, 5.74) is 2.48.